The predicted octanol–water partition coefficient (Wildman–Crippen LogP) is 3.51. The van der Waals surface area contributed by atoms with Gasteiger partial charge in [-0.1, -0.05) is 12.2 Å². The zero-order chi connectivity index (χ0) is 7.66. The van der Waals surface area contributed by atoms with Crippen molar-refractivity contribution in [2.24, 2.45) is 0 Å². The summed E-state index contributed by atoms with van der Waals surface area (Å²) in [5, 5.41) is 0. The molecule has 0 amide bonds. The normalized spacial score (nSPS) is 9.20. The first kappa shape index (κ1) is 9.48. The van der Waals surface area contributed by atoms with Crippen molar-refractivity contribution >= 4 is 0 Å². The Kier molecular flexibility index (Phi) is 8.04. The van der Waals surface area contributed by atoms with Gasteiger partial charge in [0, 0.05) is 0 Å². The fraction of sp³-hybridized carbons (Fsp3) is 0.500. The van der Waals surface area contributed by atoms with Crippen molar-refractivity contribution in [3.63, 3.8) is 0 Å². The lowest BCUT2D eigenvalue weighted by Crippen LogP contribution is -1.76. The molecule has 0 saturated heterocycles. The van der Waals surface area contributed by atoms with Gasteiger partial charge in [0.1, 0.15) is 0 Å². The fourth-order valence-electron chi connectivity index (χ4n) is 0.787. The van der Waals surface area contributed by atoms with Crippen molar-refractivity contribution in [1.82, 2.24) is 0 Å². The van der Waals surface area contributed by atoms with Gasteiger partial charge in [0.2, 0.25) is 0 Å². The Morgan fingerprint density at radius 1 is 0.800 bits per heavy atom. The van der Waals surface area contributed by atoms with E-state index in [1.165, 1.54) is 19.3 Å². The summed E-state index contributed by atoms with van der Waals surface area (Å²) in [6, 6.07) is 0. The molecule has 0 fully saturated rings. The standard InChI is InChI=1S/C10H17/c1-3-5-7-9-10-8-6-4-2/h3-4,9H,1-2,5-8,10H2. The van der Waals surface area contributed by atoms with Gasteiger partial charge < -0.3 is 0 Å². The zero-order valence-electron chi connectivity index (χ0n) is 6.68. The molecule has 0 saturated carbocycles. The highest BCUT2D eigenvalue weighted by Crippen LogP contribution is 2.03. The first-order chi connectivity index (χ1) is 4.91. The van der Waals surface area contributed by atoms with Crippen LogP contribution in [0.1, 0.15) is 32.1 Å². The van der Waals surface area contributed by atoms with E-state index in [1.54, 1.807) is 0 Å². The predicted molar refractivity (Wildman–Crippen MR) is 47.8 cm³/mol. The second-order valence-corrected chi connectivity index (χ2v) is 2.37. The number of hydrogen-bond donors (Lipinski definition) is 0. The van der Waals surface area contributed by atoms with Gasteiger partial charge in [-0.05, 0) is 38.5 Å². The highest BCUT2D eigenvalue weighted by atomic mass is 13.9. The van der Waals surface area contributed by atoms with E-state index in [-0.39, 0.29) is 0 Å². The highest BCUT2D eigenvalue weighted by Gasteiger charge is 1.85. The molecule has 0 N–H and O–H groups in total. The molecule has 1 radical (unpaired) electrons. The van der Waals surface area contributed by atoms with Crippen LogP contribution >= 0.6 is 0 Å². The summed E-state index contributed by atoms with van der Waals surface area (Å²) in [6.45, 7) is 7.32. The number of hydrogen-bond acceptors (Lipinski definition) is 0. The SMILES string of the molecule is C=CCC[CH]CCCC=C. The van der Waals surface area contributed by atoms with E-state index in [0.29, 0.717) is 0 Å². The van der Waals surface area contributed by atoms with Gasteiger partial charge in [-0.15, -0.1) is 13.2 Å². The number of rotatable bonds is 7. The van der Waals surface area contributed by atoms with Gasteiger partial charge in [0.05, 0.1) is 0 Å². The van der Waals surface area contributed by atoms with E-state index >= 15 is 0 Å². The summed E-state index contributed by atoms with van der Waals surface area (Å²) >= 11 is 0. The molecular weight excluding hydrogens is 120 g/mol. The lowest BCUT2D eigenvalue weighted by atomic mass is 10.1. The van der Waals surface area contributed by atoms with E-state index in [0.717, 1.165) is 12.8 Å². The van der Waals surface area contributed by atoms with Gasteiger partial charge in [-0.3, -0.25) is 0 Å². The third-order valence-electron chi connectivity index (χ3n) is 1.39. The van der Waals surface area contributed by atoms with Crippen LogP contribution in [0, 0.1) is 6.42 Å². The molecular formula is C10H17. The smallest absolute Gasteiger partial charge is 0.0351 e. The topological polar surface area (TPSA) is 0 Å². The van der Waals surface area contributed by atoms with Crippen molar-refractivity contribution in [3.8, 4) is 0 Å². The minimum atomic E-state index is 1.12. The average molecular weight is 137 g/mol. The molecule has 0 rings (SSSR count). The van der Waals surface area contributed by atoms with E-state index in [1.807, 2.05) is 12.2 Å². The minimum absolute atomic E-state index is 1.12. The number of allylic oxidation sites excluding steroid dienone is 2. The van der Waals surface area contributed by atoms with Crippen molar-refractivity contribution in [3.05, 3.63) is 31.7 Å². The van der Waals surface area contributed by atoms with Crippen LogP contribution < -0.4 is 0 Å². The Labute approximate surface area is 64.6 Å². The molecule has 57 valence electrons. The molecule has 0 aliphatic carbocycles. The van der Waals surface area contributed by atoms with Crippen LogP contribution in [0.2, 0.25) is 0 Å². The second kappa shape index (κ2) is 8.48. The Morgan fingerprint density at radius 2 is 1.50 bits per heavy atom. The molecule has 0 bridgehead atoms. The first-order valence-electron chi connectivity index (χ1n) is 3.95. The average Bonchev–Trinajstić information content (AvgIpc) is 1.97. The van der Waals surface area contributed by atoms with Crippen LogP contribution in [-0.2, 0) is 0 Å². The molecule has 0 atom stereocenters. The summed E-state index contributed by atoms with van der Waals surface area (Å²) < 4.78 is 0. The molecule has 0 heterocycles. The molecule has 0 aliphatic heterocycles. The third kappa shape index (κ3) is 7.48. The molecule has 0 aromatic carbocycles. The second-order valence-electron chi connectivity index (χ2n) is 2.37. The van der Waals surface area contributed by atoms with Gasteiger partial charge in [0.15, 0.2) is 0 Å². The summed E-state index contributed by atoms with van der Waals surface area (Å²) in [5.41, 5.74) is 0. The minimum Gasteiger partial charge on any atom is -0.103 e. The largest absolute Gasteiger partial charge is 0.103 e. The molecule has 0 aliphatic rings. The zero-order valence-corrected chi connectivity index (χ0v) is 6.68. The van der Waals surface area contributed by atoms with E-state index in [2.05, 4.69) is 19.6 Å². The van der Waals surface area contributed by atoms with Crippen LogP contribution in [-0.4, -0.2) is 0 Å². The maximum atomic E-state index is 3.66. The molecule has 0 nitrogen and oxygen atoms in total. The maximum Gasteiger partial charge on any atom is -0.0351 e. The van der Waals surface area contributed by atoms with Crippen molar-refractivity contribution in [2.75, 3.05) is 0 Å². The van der Waals surface area contributed by atoms with Gasteiger partial charge in [0.25, 0.3) is 0 Å². The van der Waals surface area contributed by atoms with Crippen molar-refractivity contribution in [1.29, 1.82) is 0 Å². The van der Waals surface area contributed by atoms with Crippen molar-refractivity contribution in [2.45, 2.75) is 32.1 Å². The summed E-state index contributed by atoms with van der Waals surface area (Å²) in [6.07, 6.45) is 12.2. The Balaban J connectivity index is 2.76. The Morgan fingerprint density at radius 3 is 2.10 bits per heavy atom. The summed E-state index contributed by atoms with van der Waals surface area (Å²) in [5.74, 6) is 0. The summed E-state index contributed by atoms with van der Waals surface area (Å²) in [7, 11) is 0. The molecule has 0 heteroatoms. The molecule has 10 heavy (non-hydrogen) atoms. The fourth-order valence-corrected chi connectivity index (χ4v) is 0.787. The van der Waals surface area contributed by atoms with Gasteiger partial charge in [-0.2, -0.15) is 0 Å². The highest BCUT2D eigenvalue weighted by molar-refractivity contribution is 4.75. The Bertz CT molecular complexity index is 70.0. The van der Waals surface area contributed by atoms with Crippen LogP contribution in [0.5, 0.6) is 0 Å². The van der Waals surface area contributed by atoms with Crippen molar-refractivity contribution < 1.29 is 0 Å². The molecule has 0 unspecified atom stereocenters. The third-order valence-corrected chi connectivity index (χ3v) is 1.39. The van der Waals surface area contributed by atoms with E-state index < -0.39 is 0 Å². The number of unbranched alkanes of at least 4 members (excludes halogenated alkanes) is 5. The summed E-state index contributed by atoms with van der Waals surface area (Å²) in [4.78, 5) is 0. The van der Waals surface area contributed by atoms with Gasteiger partial charge in [-0.25, -0.2) is 0 Å². The lowest BCUT2D eigenvalue weighted by Gasteiger charge is -1.94. The monoisotopic (exact) mass is 137 g/mol. The van der Waals surface area contributed by atoms with Crippen LogP contribution in [0.3, 0.4) is 0 Å². The Hall–Kier alpha value is -0.520. The van der Waals surface area contributed by atoms with Crippen LogP contribution in [0.25, 0.3) is 0 Å². The molecule has 0 aromatic rings. The van der Waals surface area contributed by atoms with E-state index in [4.69, 9.17) is 0 Å². The van der Waals surface area contributed by atoms with Crippen LogP contribution in [0.4, 0.5) is 0 Å². The maximum absolute atomic E-state index is 3.66. The molecule has 0 spiro atoms. The van der Waals surface area contributed by atoms with E-state index in [9.17, 15) is 0 Å². The lowest BCUT2D eigenvalue weighted by molar-refractivity contribution is 0.780. The first-order valence-corrected chi connectivity index (χ1v) is 3.95. The van der Waals surface area contributed by atoms with Gasteiger partial charge >= 0.3 is 0 Å². The quantitative estimate of drug-likeness (QED) is 0.372. The van der Waals surface area contributed by atoms with Crippen LogP contribution in [0.15, 0.2) is 25.3 Å². The molecule has 0 aromatic heterocycles.